The van der Waals surface area contributed by atoms with E-state index in [0.717, 1.165) is 22.4 Å². The lowest BCUT2D eigenvalue weighted by Crippen LogP contribution is -2.35. The number of rotatable bonds is 9. The summed E-state index contributed by atoms with van der Waals surface area (Å²) >= 11 is 5.95. The molecule has 0 unspecified atom stereocenters. The van der Waals surface area contributed by atoms with Crippen molar-refractivity contribution in [2.75, 3.05) is 18.4 Å². The summed E-state index contributed by atoms with van der Waals surface area (Å²) in [6.07, 6.45) is -0.584. The van der Waals surface area contributed by atoms with Gasteiger partial charge in [0.1, 0.15) is 0 Å². The third kappa shape index (κ3) is 6.33. The van der Waals surface area contributed by atoms with E-state index in [4.69, 9.17) is 16.7 Å². The van der Waals surface area contributed by atoms with Gasteiger partial charge in [-0.05, 0) is 54.8 Å². The molecule has 26 heavy (non-hydrogen) atoms. The molecule has 2 aromatic carbocycles. The number of anilines is 1. The lowest BCUT2D eigenvalue weighted by Gasteiger charge is -2.19. The van der Waals surface area contributed by atoms with Crippen molar-refractivity contribution in [2.45, 2.75) is 32.4 Å². The Balaban J connectivity index is 1.80. The minimum absolute atomic E-state index is 0.0332. The molecule has 2 atom stereocenters. The number of nitrogens with one attached hydrogen (secondary N) is 2. The van der Waals surface area contributed by atoms with Crippen LogP contribution in [0.2, 0.25) is 5.02 Å². The SMILES string of the molecule is Cc1cc(NC[C@@H](C)NC[C@H](O)c2cccc(Cl)c2)ccc1CC(=O)O. The van der Waals surface area contributed by atoms with Gasteiger partial charge in [-0.15, -0.1) is 0 Å². The van der Waals surface area contributed by atoms with Crippen LogP contribution in [-0.2, 0) is 11.2 Å². The van der Waals surface area contributed by atoms with E-state index in [2.05, 4.69) is 10.6 Å². The molecule has 0 aliphatic heterocycles. The second-order valence-electron chi connectivity index (χ2n) is 6.47. The molecule has 0 aliphatic rings. The van der Waals surface area contributed by atoms with Gasteiger partial charge in [0.15, 0.2) is 0 Å². The fourth-order valence-corrected chi connectivity index (χ4v) is 2.85. The van der Waals surface area contributed by atoms with E-state index in [1.165, 1.54) is 0 Å². The lowest BCUT2D eigenvalue weighted by molar-refractivity contribution is -0.136. The normalized spacial score (nSPS) is 13.2. The number of halogens is 1. The summed E-state index contributed by atoms with van der Waals surface area (Å²) in [5, 5.41) is 26.3. The van der Waals surface area contributed by atoms with Gasteiger partial charge in [-0.25, -0.2) is 0 Å². The third-order valence-corrected chi connectivity index (χ3v) is 4.42. The molecule has 0 aromatic heterocycles. The van der Waals surface area contributed by atoms with E-state index in [-0.39, 0.29) is 12.5 Å². The summed E-state index contributed by atoms with van der Waals surface area (Å²) in [5.41, 5.74) is 3.50. The van der Waals surface area contributed by atoms with Gasteiger partial charge in [0.05, 0.1) is 12.5 Å². The number of carboxylic acid groups (broad SMARTS) is 1. The molecular formula is C20H25ClN2O3. The second kappa shape index (κ2) is 9.57. The van der Waals surface area contributed by atoms with Crippen LogP contribution < -0.4 is 10.6 Å². The molecule has 140 valence electrons. The molecule has 0 amide bonds. The van der Waals surface area contributed by atoms with Crippen LogP contribution in [0.4, 0.5) is 5.69 Å². The van der Waals surface area contributed by atoms with Crippen LogP contribution in [0.1, 0.15) is 29.7 Å². The van der Waals surface area contributed by atoms with E-state index in [9.17, 15) is 9.90 Å². The standard InChI is InChI=1S/C20H25ClN2O3/c1-13-8-18(7-6-15(13)10-20(25)26)23-11-14(2)22-12-19(24)16-4-3-5-17(21)9-16/h3-9,14,19,22-24H,10-12H2,1-2H3,(H,25,26)/t14-,19+/m1/s1. The Kier molecular flexibility index (Phi) is 7.45. The molecule has 0 heterocycles. The first-order chi connectivity index (χ1) is 12.3. The van der Waals surface area contributed by atoms with E-state index < -0.39 is 12.1 Å². The predicted molar refractivity (Wildman–Crippen MR) is 105 cm³/mol. The Bertz CT molecular complexity index is 752. The van der Waals surface area contributed by atoms with Crippen LogP contribution in [0, 0.1) is 6.92 Å². The van der Waals surface area contributed by atoms with Crippen LogP contribution in [-0.4, -0.2) is 35.3 Å². The number of aliphatic hydroxyl groups is 1. The molecule has 0 saturated heterocycles. The number of aryl methyl sites for hydroxylation is 1. The Morgan fingerprint density at radius 3 is 2.62 bits per heavy atom. The van der Waals surface area contributed by atoms with Crippen molar-refractivity contribution in [3.8, 4) is 0 Å². The molecule has 4 N–H and O–H groups in total. The molecule has 0 spiro atoms. The first kappa shape index (κ1) is 20.2. The zero-order valence-corrected chi connectivity index (χ0v) is 15.8. The maximum atomic E-state index is 10.8. The van der Waals surface area contributed by atoms with Gasteiger partial charge < -0.3 is 20.8 Å². The number of aliphatic hydroxyl groups excluding tert-OH is 1. The molecule has 0 saturated carbocycles. The Hall–Kier alpha value is -2.08. The monoisotopic (exact) mass is 376 g/mol. The molecule has 0 aliphatic carbocycles. The van der Waals surface area contributed by atoms with Crippen molar-refractivity contribution in [1.82, 2.24) is 5.32 Å². The molecule has 6 heteroatoms. The Morgan fingerprint density at radius 2 is 1.96 bits per heavy atom. The van der Waals surface area contributed by atoms with Crippen LogP contribution in [0.15, 0.2) is 42.5 Å². The smallest absolute Gasteiger partial charge is 0.307 e. The van der Waals surface area contributed by atoms with Crippen LogP contribution in [0.5, 0.6) is 0 Å². The van der Waals surface area contributed by atoms with Crippen LogP contribution >= 0.6 is 11.6 Å². The number of carbonyl (C=O) groups is 1. The van der Waals surface area contributed by atoms with Crippen molar-refractivity contribution in [3.05, 3.63) is 64.2 Å². The molecule has 0 bridgehead atoms. The van der Waals surface area contributed by atoms with Gasteiger partial charge in [0, 0.05) is 29.8 Å². The summed E-state index contributed by atoms with van der Waals surface area (Å²) in [5.74, 6) is -0.829. The summed E-state index contributed by atoms with van der Waals surface area (Å²) in [4.78, 5) is 10.8. The number of benzene rings is 2. The minimum atomic E-state index is -0.829. The third-order valence-electron chi connectivity index (χ3n) is 4.19. The molecule has 5 nitrogen and oxygen atoms in total. The second-order valence-corrected chi connectivity index (χ2v) is 6.91. The number of hydrogen-bond acceptors (Lipinski definition) is 4. The topological polar surface area (TPSA) is 81.6 Å². The maximum Gasteiger partial charge on any atom is 0.307 e. The predicted octanol–water partition coefficient (Wildman–Crippen LogP) is 3.40. The molecule has 2 aromatic rings. The molecule has 0 fully saturated rings. The van der Waals surface area contributed by atoms with Crippen molar-refractivity contribution in [3.63, 3.8) is 0 Å². The van der Waals surface area contributed by atoms with Gasteiger partial charge in [0.25, 0.3) is 0 Å². The summed E-state index contributed by atoms with van der Waals surface area (Å²) in [6.45, 7) is 5.05. The highest BCUT2D eigenvalue weighted by molar-refractivity contribution is 6.30. The van der Waals surface area contributed by atoms with E-state index in [0.29, 0.717) is 18.1 Å². The van der Waals surface area contributed by atoms with Gasteiger partial charge in [0.2, 0.25) is 0 Å². The molecular weight excluding hydrogens is 352 g/mol. The fourth-order valence-electron chi connectivity index (χ4n) is 2.65. The first-order valence-corrected chi connectivity index (χ1v) is 8.95. The van der Waals surface area contributed by atoms with Crippen LogP contribution in [0.25, 0.3) is 0 Å². The van der Waals surface area contributed by atoms with Gasteiger partial charge in [-0.3, -0.25) is 4.79 Å². The fraction of sp³-hybridized carbons (Fsp3) is 0.350. The van der Waals surface area contributed by atoms with Gasteiger partial charge in [-0.2, -0.15) is 0 Å². The quantitative estimate of drug-likeness (QED) is 0.539. The van der Waals surface area contributed by atoms with Crippen molar-refractivity contribution in [2.24, 2.45) is 0 Å². The van der Waals surface area contributed by atoms with Crippen LogP contribution in [0.3, 0.4) is 0 Å². The average molecular weight is 377 g/mol. The van der Waals surface area contributed by atoms with Gasteiger partial charge >= 0.3 is 5.97 Å². The van der Waals surface area contributed by atoms with E-state index in [1.54, 1.807) is 12.1 Å². The minimum Gasteiger partial charge on any atom is -0.481 e. The molecule has 0 radical (unpaired) electrons. The number of aliphatic carboxylic acids is 1. The highest BCUT2D eigenvalue weighted by atomic mass is 35.5. The van der Waals surface area contributed by atoms with Crippen molar-refractivity contribution in [1.29, 1.82) is 0 Å². The maximum absolute atomic E-state index is 10.8. The Morgan fingerprint density at radius 1 is 1.19 bits per heavy atom. The highest BCUT2D eigenvalue weighted by Crippen LogP contribution is 2.18. The molecule has 2 rings (SSSR count). The highest BCUT2D eigenvalue weighted by Gasteiger charge is 2.10. The lowest BCUT2D eigenvalue weighted by atomic mass is 10.0. The zero-order valence-electron chi connectivity index (χ0n) is 15.0. The number of hydrogen-bond donors (Lipinski definition) is 4. The summed E-state index contributed by atoms with van der Waals surface area (Å²) < 4.78 is 0. The van der Waals surface area contributed by atoms with Crippen molar-refractivity contribution < 1.29 is 15.0 Å². The summed E-state index contributed by atoms with van der Waals surface area (Å²) in [6, 6.07) is 13.0. The van der Waals surface area contributed by atoms with E-state index >= 15 is 0 Å². The summed E-state index contributed by atoms with van der Waals surface area (Å²) in [7, 11) is 0. The average Bonchev–Trinajstić information content (AvgIpc) is 2.59. The van der Waals surface area contributed by atoms with E-state index in [1.807, 2.05) is 44.2 Å². The van der Waals surface area contributed by atoms with Gasteiger partial charge in [-0.1, -0.05) is 29.8 Å². The largest absolute Gasteiger partial charge is 0.481 e. The number of carboxylic acids is 1. The Labute approximate surface area is 159 Å². The zero-order chi connectivity index (χ0) is 19.1. The van der Waals surface area contributed by atoms with Crippen molar-refractivity contribution >= 4 is 23.3 Å². The first-order valence-electron chi connectivity index (χ1n) is 8.57.